The first-order chi connectivity index (χ1) is 36.9. The molecule has 0 spiro atoms. The molecule has 4 atom stereocenters. The van der Waals surface area contributed by atoms with Crippen LogP contribution in [0.1, 0.15) is 172 Å². The highest BCUT2D eigenvalue weighted by Crippen LogP contribution is 2.67. The van der Waals surface area contributed by atoms with Gasteiger partial charge in [-0.2, -0.15) is 0 Å². The van der Waals surface area contributed by atoms with Gasteiger partial charge in [0.25, 0.3) is 6.71 Å². The van der Waals surface area contributed by atoms with Crippen molar-refractivity contribution < 1.29 is 0 Å². The number of hydrogen-bond donors (Lipinski definition) is 0. The lowest BCUT2D eigenvalue weighted by atomic mass is 9.32. The molecule has 0 bridgehead atoms. The van der Waals surface area contributed by atoms with E-state index in [9.17, 15) is 0 Å². The van der Waals surface area contributed by atoms with Crippen LogP contribution in [-0.4, -0.2) is 12.3 Å². The van der Waals surface area contributed by atoms with Crippen molar-refractivity contribution in [2.75, 3.05) is 14.7 Å². The monoisotopic (exact) mass is 1020 g/mol. The van der Waals surface area contributed by atoms with Gasteiger partial charge in [0.05, 0.1) is 16.8 Å². The normalized spacial score (nSPS) is 23.6. The highest BCUT2D eigenvalue weighted by Gasteiger charge is 2.64. The fourth-order valence-corrected chi connectivity index (χ4v) is 16.8. The Morgan fingerprint density at radius 3 is 1.83 bits per heavy atom. The van der Waals surface area contributed by atoms with Crippen LogP contribution in [0.4, 0.5) is 39.8 Å². The molecule has 14 rings (SSSR count). The summed E-state index contributed by atoms with van der Waals surface area (Å²) in [5, 5.41) is 2.53. The van der Waals surface area contributed by atoms with Crippen LogP contribution in [0.5, 0.6) is 0 Å². The molecule has 0 saturated heterocycles. The van der Waals surface area contributed by atoms with Gasteiger partial charge in [0.15, 0.2) is 0 Å². The van der Waals surface area contributed by atoms with E-state index in [0.29, 0.717) is 0 Å². The van der Waals surface area contributed by atoms with Gasteiger partial charge in [-0.15, -0.1) is 0 Å². The second-order valence-electron chi connectivity index (χ2n) is 28.9. The zero-order valence-electron chi connectivity index (χ0n) is 49.4. The summed E-state index contributed by atoms with van der Waals surface area (Å²) < 4.78 is 0. The van der Waals surface area contributed by atoms with Gasteiger partial charge in [-0.3, -0.25) is 0 Å². The maximum Gasteiger partial charge on any atom is 0.252 e. The maximum absolute atomic E-state index is 2.98. The minimum absolute atomic E-state index is 0.0119. The first kappa shape index (κ1) is 49.8. The summed E-state index contributed by atoms with van der Waals surface area (Å²) in [5.41, 5.74) is 28.4. The average molecular weight is 1020 g/mol. The zero-order chi connectivity index (χ0) is 54.6. The van der Waals surface area contributed by atoms with E-state index in [4.69, 9.17) is 0 Å². The summed E-state index contributed by atoms with van der Waals surface area (Å²) >= 11 is 0. The van der Waals surface area contributed by atoms with Crippen molar-refractivity contribution in [2.45, 2.75) is 181 Å². The second kappa shape index (κ2) is 16.1. The summed E-state index contributed by atoms with van der Waals surface area (Å²) in [4.78, 5) is 8.59. The van der Waals surface area contributed by atoms with E-state index in [0.717, 1.165) is 19.3 Å². The molecule has 8 aromatic rings. The van der Waals surface area contributed by atoms with Crippen LogP contribution < -0.4 is 31.1 Å². The average Bonchev–Trinajstić information content (AvgIpc) is 2.15. The Morgan fingerprint density at radius 2 is 1.10 bits per heavy atom. The Hall–Kier alpha value is -6.52. The number of rotatable bonds is 3. The summed E-state index contributed by atoms with van der Waals surface area (Å²) in [5.74, 6) is 0. The van der Waals surface area contributed by atoms with Crippen LogP contribution in [0.3, 0.4) is 0 Å². The van der Waals surface area contributed by atoms with Crippen LogP contribution >= 0.6 is 0 Å². The molecular formula is C74H80BN3. The molecule has 4 aliphatic heterocycles. The number of aryl methyl sites for hydroxylation is 3. The van der Waals surface area contributed by atoms with Gasteiger partial charge in [0, 0.05) is 50.5 Å². The zero-order valence-corrected chi connectivity index (χ0v) is 49.4. The predicted octanol–water partition coefficient (Wildman–Crippen LogP) is 17.6. The van der Waals surface area contributed by atoms with Crippen molar-refractivity contribution in [3.8, 4) is 11.1 Å². The number of benzene rings is 8. The fourth-order valence-electron chi connectivity index (χ4n) is 16.8. The highest BCUT2D eigenvalue weighted by atomic mass is 15.3. The largest absolute Gasteiger partial charge is 0.335 e. The van der Waals surface area contributed by atoms with E-state index in [1.54, 1.807) is 5.56 Å². The Bertz CT molecular complexity index is 3900. The Labute approximate surface area is 467 Å². The van der Waals surface area contributed by atoms with Gasteiger partial charge in [-0.1, -0.05) is 192 Å². The van der Waals surface area contributed by atoms with E-state index in [1.165, 1.54) is 142 Å². The third-order valence-corrected chi connectivity index (χ3v) is 21.5. The summed E-state index contributed by atoms with van der Waals surface area (Å²) in [6.45, 7) is 36.8. The molecule has 1 saturated carbocycles. The maximum atomic E-state index is 2.98. The van der Waals surface area contributed by atoms with E-state index >= 15 is 0 Å². The number of anilines is 7. The van der Waals surface area contributed by atoms with E-state index < -0.39 is 0 Å². The van der Waals surface area contributed by atoms with Gasteiger partial charge < -0.3 is 14.7 Å². The lowest BCUT2D eigenvalue weighted by Crippen LogP contribution is -2.65. The third kappa shape index (κ3) is 6.47. The molecule has 4 heteroatoms. The number of nitrogens with zero attached hydrogens (tertiary/aromatic N) is 3. The molecule has 8 aromatic carbocycles. The molecule has 0 radical (unpaired) electrons. The smallest absolute Gasteiger partial charge is 0.252 e. The molecular weight excluding hydrogens is 942 g/mol. The Morgan fingerprint density at radius 1 is 0.474 bits per heavy atom. The molecule has 394 valence electrons. The topological polar surface area (TPSA) is 9.72 Å². The molecule has 1 fully saturated rings. The number of hydrogen-bond acceptors (Lipinski definition) is 3. The summed E-state index contributed by atoms with van der Waals surface area (Å²) in [6.07, 6.45) is 6.99. The van der Waals surface area contributed by atoms with Crippen molar-refractivity contribution >= 4 is 73.7 Å². The summed E-state index contributed by atoms with van der Waals surface area (Å²) in [6, 6.07) is 56.1. The molecule has 0 aromatic heterocycles. The van der Waals surface area contributed by atoms with Crippen LogP contribution in [-0.2, 0) is 39.0 Å². The van der Waals surface area contributed by atoms with Gasteiger partial charge in [-0.25, -0.2) is 0 Å². The fraction of sp³-hybridized carbons (Fsp3) is 0.378. The molecule has 4 heterocycles. The third-order valence-electron chi connectivity index (χ3n) is 21.5. The van der Waals surface area contributed by atoms with Gasteiger partial charge in [0.1, 0.15) is 0 Å². The van der Waals surface area contributed by atoms with Crippen LogP contribution in [0.2, 0.25) is 0 Å². The van der Waals surface area contributed by atoms with Crippen molar-refractivity contribution in [3.05, 3.63) is 190 Å². The molecule has 0 amide bonds. The molecule has 2 aliphatic carbocycles. The minimum atomic E-state index is -0.385. The van der Waals surface area contributed by atoms with Crippen molar-refractivity contribution in [1.82, 2.24) is 0 Å². The molecule has 6 aliphatic rings. The Balaban J connectivity index is 1.15. The van der Waals surface area contributed by atoms with E-state index in [1.807, 2.05) is 0 Å². The van der Waals surface area contributed by atoms with Crippen LogP contribution in [0.15, 0.2) is 140 Å². The number of fused-ring (bicyclic) bond motifs is 13. The first-order valence-electron chi connectivity index (χ1n) is 29.6. The van der Waals surface area contributed by atoms with E-state index in [2.05, 4.69) is 258 Å². The molecule has 78 heavy (non-hydrogen) atoms. The Kier molecular flexibility index (Phi) is 10.3. The van der Waals surface area contributed by atoms with Gasteiger partial charge >= 0.3 is 0 Å². The molecule has 4 unspecified atom stereocenters. The molecule has 0 N–H and O–H groups in total. The molecule has 3 nitrogen and oxygen atoms in total. The van der Waals surface area contributed by atoms with Gasteiger partial charge in [0.2, 0.25) is 0 Å². The van der Waals surface area contributed by atoms with Crippen molar-refractivity contribution in [3.63, 3.8) is 0 Å². The van der Waals surface area contributed by atoms with Crippen LogP contribution in [0.25, 0.3) is 21.9 Å². The summed E-state index contributed by atoms with van der Waals surface area (Å²) in [7, 11) is 0. The van der Waals surface area contributed by atoms with Gasteiger partial charge in [-0.05, 0) is 189 Å². The minimum Gasteiger partial charge on any atom is -0.335 e. The predicted molar refractivity (Wildman–Crippen MR) is 335 cm³/mol. The lowest BCUT2D eigenvalue weighted by Gasteiger charge is -2.54. The lowest BCUT2D eigenvalue weighted by molar-refractivity contribution is 0.194. The standard InChI is InChI=1S/C74H80BN3/c1-45-38-46(2)65-67-64(45)72(13)35-20-21-36-73(72,14)78(67)63-44-54(77-60-32-29-52(69(6,7)8)41-57(60)71(12)37-34-48-23-18-19-25-56(48)74(71,77)15)43-62-66(63)75(65)58-42-53(70(9,10)11)30-33-61(58)76(62)59-31-28-51(68(3,4)5)40-55(59)50-27-26-47-22-16-17-24-49(47)39-50/h16-19,22-33,38-44H,20-21,34-37H2,1-15H3. The first-order valence-corrected chi connectivity index (χ1v) is 29.6. The van der Waals surface area contributed by atoms with E-state index in [-0.39, 0.29) is 44.9 Å². The van der Waals surface area contributed by atoms with Crippen LogP contribution in [0, 0.1) is 13.8 Å². The quantitative estimate of drug-likeness (QED) is 0.163. The highest BCUT2D eigenvalue weighted by molar-refractivity contribution is 7.00. The van der Waals surface area contributed by atoms with Crippen molar-refractivity contribution in [1.29, 1.82) is 0 Å². The van der Waals surface area contributed by atoms with Crippen molar-refractivity contribution in [2.24, 2.45) is 0 Å². The SMILES string of the molecule is Cc1cc(C)c2c3c1B1c4cc(C(C)(C)C)ccc4N(c4ccc(C(C)(C)C)cc4-c4ccc5ccccc5c4)c4cc(N5c6ccc(C(C)(C)C)cc6C6(C)CCc7ccccc7C56C)cc(c41)N3C1(C)CCCCC21C. The second-order valence-corrected chi connectivity index (χ2v) is 28.9.